The van der Waals surface area contributed by atoms with Crippen LogP contribution in [0.3, 0.4) is 0 Å². The van der Waals surface area contributed by atoms with Crippen LogP contribution in [-0.2, 0) is 19.5 Å². The molecular formula is C21H19N3O. The zero-order valence-corrected chi connectivity index (χ0v) is 14.0. The Bertz CT molecular complexity index is 981. The molecule has 1 N–H and O–H groups in total. The minimum absolute atomic E-state index is 0.154. The van der Waals surface area contributed by atoms with Crippen LogP contribution in [0.4, 0.5) is 5.69 Å². The van der Waals surface area contributed by atoms with Crippen LogP contribution in [0.15, 0.2) is 48.5 Å². The molecule has 0 saturated heterocycles. The smallest absolute Gasteiger partial charge is 0.182 e. The van der Waals surface area contributed by atoms with Gasteiger partial charge in [0.15, 0.2) is 5.78 Å². The molecule has 0 saturated carbocycles. The first-order valence-electron chi connectivity index (χ1n) is 8.77. The van der Waals surface area contributed by atoms with Crippen molar-refractivity contribution in [1.29, 1.82) is 0 Å². The van der Waals surface area contributed by atoms with Gasteiger partial charge in [-0.25, -0.2) is 0 Å². The Hall–Kier alpha value is -2.72. The fourth-order valence-electron chi connectivity index (χ4n) is 4.03. The SMILES string of the molecule is O=C1CNc2c3c(nc4cccc1c24)CN(Cc1ccccc1)CC3. The monoisotopic (exact) mass is 329 g/mol. The Morgan fingerprint density at radius 1 is 1.08 bits per heavy atom. The molecule has 0 amide bonds. The molecule has 4 nitrogen and oxygen atoms in total. The molecule has 4 heteroatoms. The van der Waals surface area contributed by atoms with Gasteiger partial charge in [-0.15, -0.1) is 0 Å². The van der Waals surface area contributed by atoms with E-state index < -0.39 is 0 Å². The molecule has 5 rings (SSSR count). The first-order valence-corrected chi connectivity index (χ1v) is 8.77. The van der Waals surface area contributed by atoms with Crippen LogP contribution in [0.25, 0.3) is 10.9 Å². The fourth-order valence-corrected chi connectivity index (χ4v) is 4.03. The lowest BCUT2D eigenvalue weighted by Crippen LogP contribution is -2.32. The predicted octanol–water partition coefficient (Wildman–Crippen LogP) is 3.40. The number of anilines is 1. The lowest BCUT2D eigenvalue weighted by molar-refractivity contribution is 0.101. The standard InChI is InChI=1S/C21H19N3O/c25-19-11-22-21-15-9-10-24(12-14-5-2-1-3-6-14)13-18(15)23-17-8-4-7-16(19)20(17)21/h1-8,22H,9-13H2. The third kappa shape index (κ3) is 2.41. The van der Waals surface area contributed by atoms with E-state index in [0.29, 0.717) is 6.54 Å². The van der Waals surface area contributed by atoms with Gasteiger partial charge < -0.3 is 5.32 Å². The average molecular weight is 329 g/mol. The lowest BCUT2D eigenvalue weighted by Gasteiger charge is -2.31. The Morgan fingerprint density at radius 2 is 1.96 bits per heavy atom. The number of nitrogens with zero attached hydrogens (tertiary/aromatic N) is 2. The highest BCUT2D eigenvalue weighted by atomic mass is 16.1. The van der Waals surface area contributed by atoms with Gasteiger partial charge in [0.25, 0.3) is 0 Å². The number of nitrogens with one attached hydrogen (secondary N) is 1. The highest BCUT2D eigenvalue weighted by Crippen LogP contribution is 2.36. The number of carbonyl (C=O) groups excluding carboxylic acids is 1. The summed E-state index contributed by atoms with van der Waals surface area (Å²) in [4.78, 5) is 19.6. The fraction of sp³-hybridized carbons (Fsp3) is 0.238. The zero-order valence-electron chi connectivity index (χ0n) is 14.0. The van der Waals surface area contributed by atoms with Crippen molar-refractivity contribution < 1.29 is 4.79 Å². The molecule has 0 spiro atoms. The van der Waals surface area contributed by atoms with Crippen molar-refractivity contribution >= 4 is 22.4 Å². The van der Waals surface area contributed by atoms with Crippen LogP contribution in [-0.4, -0.2) is 28.8 Å². The van der Waals surface area contributed by atoms with E-state index in [4.69, 9.17) is 4.98 Å². The second-order valence-electron chi connectivity index (χ2n) is 6.83. The molecule has 0 radical (unpaired) electrons. The number of rotatable bonds is 2. The molecular weight excluding hydrogens is 310 g/mol. The first kappa shape index (κ1) is 14.6. The quantitative estimate of drug-likeness (QED) is 0.783. The number of hydrogen-bond donors (Lipinski definition) is 1. The van der Waals surface area contributed by atoms with E-state index in [9.17, 15) is 4.79 Å². The van der Waals surface area contributed by atoms with Gasteiger partial charge in [0, 0.05) is 41.8 Å². The van der Waals surface area contributed by atoms with E-state index in [1.807, 2.05) is 18.2 Å². The maximum Gasteiger partial charge on any atom is 0.182 e. The maximum atomic E-state index is 12.2. The van der Waals surface area contributed by atoms with Gasteiger partial charge in [0.2, 0.25) is 0 Å². The minimum atomic E-state index is 0.154. The predicted molar refractivity (Wildman–Crippen MR) is 98.8 cm³/mol. The topological polar surface area (TPSA) is 45.2 Å². The van der Waals surface area contributed by atoms with Crippen molar-refractivity contribution in [3.8, 4) is 0 Å². The summed E-state index contributed by atoms with van der Waals surface area (Å²) in [5, 5.41) is 4.37. The zero-order chi connectivity index (χ0) is 16.8. The van der Waals surface area contributed by atoms with Crippen molar-refractivity contribution in [2.75, 3.05) is 18.4 Å². The molecule has 1 aromatic heterocycles. The minimum Gasteiger partial charge on any atom is -0.377 e. The number of benzene rings is 2. The van der Waals surface area contributed by atoms with Gasteiger partial charge >= 0.3 is 0 Å². The van der Waals surface area contributed by atoms with Crippen LogP contribution < -0.4 is 5.32 Å². The number of pyridine rings is 1. The van der Waals surface area contributed by atoms with Gasteiger partial charge in [0.05, 0.1) is 17.8 Å². The summed E-state index contributed by atoms with van der Waals surface area (Å²) in [6.07, 6.45) is 0.968. The van der Waals surface area contributed by atoms with E-state index in [2.05, 4.69) is 40.5 Å². The molecule has 0 fully saturated rings. The van der Waals surface area contributed by atoms with Gasteiger partial charge in [-0.1, -0.05) is 42.5 Å². The third-order valence-corrected chi connectivity index (χ3v) is 5.22. The molecule has 2 aromatic carbocycles. The third-order valence-electron chi connectivity index (χ3n) is 5.22. The summed E-state index contributed by atoms with van der Waals surface area (Å²) < 4.78 is 0. The molecule has 0 atom stereocenters. The molecule has 2 aliphatic heterocycles. The van der Waals surface area contributed by atoms with Crippen molar-refractivity contribution in [3.05, 3.63) is 70.9 Å². The summed E-state index contributed by atoms with van der Waals surface area (Å²) in [6.45, 7) is 3.20. The summed E-state index contributed by atoms with van der Waals surface area (Å²) in [5.74, 6) is 0.154. The molecule has 3 heterocycles. The highest BCUT2D eigenvalue weighted by Gasteiger charge is 2.27. The van der Waals surface area contributed by atoms with Crippen LogP contribution in [0.1, 0.15) is 27.2 Å². The molecule has 25 heavy (non-hydrogen) atoms. The number of carbonyl (C=O) groups is 1. The summed E-state index contributed by atoms with van der Waals surface area (Å²) in [6, 6.07) is 16.5. The summed E-state index contributed by atoms with van der Waals surface area (Å²) in [5.41, 5.74) is 6.63. The first-order chi connectivity index (χ1) is 12.3. The molecule has 3 aromatic rings. The van der Waals surface area contributed by atoms with Gasteiger partial charge in [-0.3, -0.25) is 14.7 Å². The normalized spacial score (nSPS) is 16.6. The largest absolute Gasteiger partial charge is 0.377 e. The number of hydrogen-bond acceptors (Lipinski definition) is 4. The van der Waals surface area contributed by atoms with E-state index in [1.165, 1.54) is 11.1 Å². The van der Waals surface area contributed by atoms with E-state index in [1.54, 1.807) is 0 Å². The maximum absolute atomic E-state index is 12.2. The number of fused-ring (bicyclic) bond motifs is 2. The second-order valence-corrected chi connectivity index (χ2v) is 6.83. The van der Waals surface area contributed by atoms with Crippen LogP contribution in [0, 0.1) is 0 Å². The average Bonchev–Trinajstić information content (AvgIpc) is 2.65. The van der Waals surface area contributed by atoms with Crippen LogP contribution >= 0.6 is 0 Å². The van der Waals surface area contributed by atoms with Crippen LogP contribution in [0.5, 0.6) is 0 Å². The van der Waals surface area contributed by atoms with E-state index >= 15 is 0 Å². The highest BCUT2D eigenvalue weighted by molar-refractivity contribution is 6.16. The van der Waals surface area contributed by atoms with Gasteiger partial charge in [-0.05, 0) is 18.1 Å². The van der Waals surface area contributed by atoms with Crippen LogP contribution in [0.2, 0.25) is 0 Å². The molecule has 0 aliphatic carbocycles. The van der Waals surface area contributed by atoms with Crippen molar-refractivity contribution in [2.45, 2.75) is 19.5 Å². The molecule has 2 aliphatic rings. The number of aromatic nitrogens is 1. The number of Topliss-reactive ketones (excluding diaryl/α,β-unsaturated/α-hetero) is 1. The van der Waals surface area contributed by atoms with E-state index in [-0.39, 0.29) is 5.78 Å². The summed E-state index contributed by atoms with van der Waals surface area (Å²) >= 11 is 0. The Morgan fingerprint density at radius 3 is 2.84 bits per heavy atom. The van der Waals surface area contributed by atoms with Gasteiger partial charge in [-0.2, -0.15) is 0 Å². The lowest BCUT2D eigenvalue weighted by atomic mass is 9.93. The van der Waals surface area contributed by atoms with Crippen molar-refractivity contribution in [2.24, 2.45) is 0 Å². The molecule has 0 bridgehead atoms. The van der Waals surface area contributed by atoms with Crippen molar-refractivity contribution in [1.82, 2.24) is 9.88 Å². The molecule has 0 unspecified atom stereocenters. The second kappa shape index (κ2) is 5.67. The van der Waals surface area contributed by atoms with Crippen molar-refractivity contribution in [3.63, 3.8) is 0 Å². The Balaban J connectivity index is 1.55. The van der Waals surface area contributed by atoms with E-state index in [0.717, 1.165) is 53.9 Å². The Kier molecular flexibility index (Phi) is 3.31. The number of ketones is 1. The summed E-state index contributed by atoms with van der Waals surface area (Å²) in [7, 11) is 0. The Labute approximate surface area is 146 Å². The van der Waals surface area contributed by atoms with Gasteiger partial charge in [0.1, 0.15) is 0 Å². The molecule has 124 valence electrons.